The number of hydrogen-bond acceptors (Lipinski definition) is 6. The highest BCUT2D eigenvalue weighted by atomic mass is 16.6. The monoisotopic (exact) mass is 465 g/mol. The molecule has 174 valence electrons. The van der Waals surface area contributed by atoms with E-state index in [4.69, 9.17) is 14.0 Å². The zero-order valence-electron chi connectivity index (χ0n) is 19.3. The smallest absolute Gasteiger partial charge is 0.267 e. The summed E-state index contributed by atoms with van der Waals surface area (Å²) in [5.41, 5.74) is 3.89. The SMILES string of the molecule is COc1ccc(C(C)=NOCC(=O)Nc2oc(-c3ccccc3)c(-c3ccccc3)c2C#N)cc1. The lowest BCUT2D eigenvalue weighted by atomic mass is 9.98. The second kappa shape index (κ2) is 10.9. The van der Waals surface area contributed by atoms with Crippen LogP contribution in [0.3, 0.4) is 0 Å². The van der Waals surface area contributed by atoms with Crippen molar-refractivity contribution >= 4 is 17.5 Å². The van der Waals surface area contributed by atoms with Crippen LogP contribution in [-0.2, 0) is 9.63 Å². The zero-order valence-corrected chi connectivity index (χ0v) is 19.3. The fourth-order valence-corrected chi connectivity index (χ4v) is 3.53. The van der Waals surface area contributed by atoms with Crippen molar-refractivity contribution in [3.05, 3.63) is 96.1 Å². The Balaban J connectivity index is 1.54. The Labute approximate surface area is 203 Å². The molecule has 4 rings (SSSR count). The number of furan rings is 1. The van der Waals surface area contributed by atoms with Gasteiger partial charge < -0.3 is 14.0 Å². The average Bonchev–Trinajstić information content (AvgIpc) is 3.27. The number of carbonyl (C=O) groups excluding carboxylic acids is 1. The van der Waals surface area contributed by atoms with E-state index in [1.165, 1.54) is 0 Å². The molecule has 0 aliphatic heterocycles. The minimum Gasteiger partial charge on any atom is -0.497 e. The van der Waals surface area contributed by atoms with Crippen LogP contribution in [0.2, 0.25) is 0 Å². The number of nitriles is 1. The van der Waals surface area contributed by atoms with Crippen molar-refractivity contribution in [1.82, 2.24) is 0 Å². The van der Waals surface area contributed by atoms with Crippen molar-refractivity contribution in [1.29, 1.82) is 5.26 Å². The van der Waals surface area contributed by atoms with E-state index in [1.807, 2.05) is 84.9 Å². The molecule has 0 radical (unpaired) electrons. The van der Waals surface area contributed by atoms with Gasteiger partial charge in [-0.1, -0.05) is 65.8 Å². The number of anilines is 1. The van der Waals surface area contributed by atoms with Crippen molar-refractivity contribution in [3.8, 4) is 34.3 Å². The van der Waals surface area contributed by atoms with Gasteiger partial charge in [-0.3, -0.25) is 10.1 Å². The predicted molar refractivity (Wildman–Crippen MR) is 134 cm³/mol. The minimum atomic E-state index is -0.499. The highest BCUT2D eigenvalue weighted by Gasteiger charge is 2.24. The van der Waals surface area contributed by atoms with Crippen LogP contribution < -0.4 is 10.1 Å². The van der Waals surface area contributed by atoms with Crippen LogP contribution in [0.15, 0.2) is 94.5 Å². The predicted octanol–water partition coefficient (Wildman–Crippen LogP) is 5.87. The molecular weight excluding hydrogens is 442 g/mol. The van der Waals surface area contributed by atoms with E-state index in [0.717, 1.165) is 22.4 Å². The molecule has 7 nitrogen and oxygen atoms in total. The molecule has 1 amide bonds. The van der Waals surface area contributed by atoms with E-state index in [2.05, 4.69) is 16.5 Å². The normalized spacial score (nSPS) is 10.9. The van der Waals surface area contributed by atoms with Gasteiger partial charge >= 0.3 is 0 Å². The molecule has 0 aliphatic rings. The van der Waals surface area contributed by atoms with E-state index >= 15 is 0 Å². The number of amides is 1. The van der Waals surface area contributed by atoms with Gasteiger partial charge in [-0.15, -0.1) is 0 Å². The molecule has 35 heavy (non-hydrogen) atoms. The van der Waals surface area contributed by atoms with Crippen molar-refractivity contribution in [2.75, 3.05) is 19.0 Å². The molecule has 1 heterocycles. The van der Waals surface area contributed by atoms with E-state index in [-0.39, 0.29) is 18.1 Å². The third-order valence-corrected chi connectivity index (χ3v) is 5.28. The third-order valence-electron chi connectivity index (χ3n) is 5.28. The van der Waals surface area contributed by atoms with Gasteiger partial charge in [0.25, 0.3) is 5.91 Å². The van der Waals surface area contributed by atoms with Crippen LogP contribution in [0.1, 0.15) is 18.1 Å². The van der Waals surface area contributed by atoms with Crippen molar-refractivity contribution in [3.63, 3.8) is 0 Å². The van der Waals surface area contributed by atoms with E-state index in [9.17, 15) is 10.1 Å². The summed E-state index contributed by atoms with van der Waals surface area (Å²) < 4.78 is 11.2. The highest BCUT2D eigenvalue weighted by molar-refractivity contribution is 5.99. The van der Waals surface area contributed by atoms with Crippen molar-refractivity contribution in [2.45, 2.75) is 6.92 Å². The Bertz CT molecular complexity index is 1370. The molecule has 0 saturated carbocycles. The molecule has 0 bridgehead atoms. The average molecular weight is 466 g/mol. The van der Waals surface area contributed by atoms with Gasteiger partial charge in [-0.05, 0) is 42.3 Å². The number of nitrogens with zero attached hydrogens (tertiary/aromatic N) is 2. The van der Waals surface area contributed by atoms with Gasteiger partial charge in [-0.2, -0.15) is 5.26 Å². The Kier molecular flexibility index (Phi) is 7.24. The number of carbonyl (C=O) groups is 1. The van der Waals surface area contributed by atoms with Crippen LogP contribution in [-0.4, -0.2) is 25.3 Å². The first kappa shape index (κ1) is 23.3. The standard InChI is InChI=1S/C28H23N3O4/c1-19(20-13-15-23(33-2)16-14-20)31-34-18-25(32)30-28-24(17-29)26(21-9-5-3-6-10-21)27(35-28)22-11-7-4-8-12-22/h3-16H,18H2,1-2H3,(H,30,32). The molecular formula is C28H23N3O4. The summed E-state index contributed by atoms with van der Waals surface area (Å²) in [6, 6.07) is 28.4. The topological polar surface area (TPSA) is 96.8 Å². The lowest BCUT2D eigenvalue weighted by Gasteiger charge is -2.04. The molecule has 1 N–H and O–H groups in total. The molecule has 0 atom stereocenters. The maximum atomic E-state index is 12.6. The summed E-state index contributed by atoms with van der Waals surface area (Å²) >= 11 is 0. The zero-order chi connectivity index (χ0) is 24.6. The fraction of sp³-hybridized carbons (Fsp3) is 0.107. The first-order valence-electron chi connectivity index (χ1n) is 10.9. The lowest BCUT2D eigenvalue weighted by molar-refractivity contribution is -0.120. The number of hydrogen-bond donors (Lipinski definition) is 1. The second-order valence-corrected chi connectivity index (χ2v) is 7.58. The largest absolute Gasteiger partial charge is 0.497 e. The summed E-state index contributed by atoms with van der Waals surface area (Å²) in [5.74, 6) is 0.798. The summed E-state index contributed by atoms with van der Waals surface area (Å²) in [5, 5.41) is 16.6. The van der Waals surface area contributed by atoms with Gasteiger partial charge in [0, 0.05) is 11.1 Å². The summed E-state index contributed by atoms with van der Waals surface area (Å²) in [6.45, 7) is 1.43. The molecule has 4 aromatic rings. The van der Waals surface area contributed by atoms with E-state index < -0.39 is 5.91 Å². The molecule has 0 aliphatic carbocycles. The van der Waals surface area contributed by atoms with E-state index in [0.29, 0.717) is 17.0 Å². The fourth-order valence-electron chi connectivity index (χ4n) is 3.53. The van der Waals surface area contributed by atoms with Gasteiger partial charge in [0.2, 0.25) is 5.88 Å². The summed E-state index contributed by atoms with van der Waals surface area (Å²) in [4.78, 5) is 17.8. The Morgan fingerprint density at radius 2 is 1.60 bits per heavy atom. The van der Waals surface area contributed by atoms with Crippen molar-refractivity contribution < 1.29 is 18.8 Å². The molecule has 1 aromatic heterocycles. The van der Waals surface area contributed by atoms with Crippen molar-refractivity contribution in [2.24, 2.45) is 5.16 Å². The Morgan fingerprint density at radius 1 is 0.971 bits per heavy atom. The molecule has 7 heteroatoms. The van der Waals surface area contributed by atoms with Crippen LogP contribution in [0.4, 0.5) is 5.88 Å². The minimum absolute atomic E-state index is 0.0645. The van der Waals surface area contributed by atoms with Crippen LogP contribution in [0.25, 0.3) is 22.5 Å². The summed E-state index contributed by atoms with van der Waals surface area (Å²) in [6.07, 6.45) is 0. The first-order valence-corrected chi connectivity index (χ1v) is 10.9. The third kappa shape index (κ3) is 5.40. The number of benzene rings is 3. The molecule has 0 fully saturated rings. The number of ether oxygens (including phenoxy) is 1. The molecule has 0 unspecified atom stereocenters. The van der Waals surface area contributed by atoms with Crippen LogP contribution in [0, 0.1) is 11.3 Å². The summed E-state index contributed by atoms with van der Waals surface area (Å²) in [7, 11) is 1.60. The number of rotatable bonds is 8. The van der Waals surface area contributed by atoms with Crippen LogP contribution in [0.5, 0.6) is 5.75 Å². The highest BCUT2D eigenvalue weighted by Crippen LogP contribution is 2.41. The van der Waals surface area contributed by atoms with Gasteiger partial charge in [0.1, 0.15) is 23.1 Å². The first-order chi connectivity index (χ1) is 17.1. The maximum absolute atomic E-state index is 12.6. The molecule has 0 spiro atoms. The Morgan fingerprint density at radius 3 is 2.20 bits per heavy atom. The van der Waals surface area contributed by atoms with Gasteiger partial charge in [0.05, 0.1) is 12.8 Å². The lowest BCUT2D eigenvalue weighted by Crippen LogP contribution is -2.17. The number of oxime groups is 1. The number of methoxy groups -OCH3 is 1. The maximum Gasteiger partial charge on any atom is 0.267 e. The van der Waals surface area contributed by atoms with E-state index in [1.54, 1.807) is 14.0 Å². The Hall–Kier alpha value is -4.83. The second-order valence-electron chi connectivity index (χ2n) is 7.58. The van der Waals surface area contributed by atoms with Gasteiger partial charge in [-0.25, -0.2) is 0 Å². The number of nitrogens with one attached hydrogen (secondary N) is 1. The molecule has 3 aromatic carbocycles. The quantitative estimate of drug-likeness (QED) is 0.259. The van der Waals surface area contributed by atoms with Crippen LogP contribution >= 0.6 is 0 Å². The molecule has 0 saturated heterocycles. The van der Waals surface area contributed by atoms with Gasteiger partial charge in [0.15, 0.2) is 6.61 Å².